The molecule has 1 aromatic rings. The molecule has 0 radical (unpaired) electrons. The molecule has 0 saturated carbocycles. The Bertz CT molecular complexity index is 142. The minimum absolute atomic E-state index is 0.795. The van der Waals surface area contributed by atoms with Gasteiger partial charge in [-0.2, -0.15) is 0 Å². The third kappa shape index (κ3) is 0.894. The van der Waals surface area contributed by atoms with Gasteiger partial charge in [0.1, 0.15) is 0 Å². The fourth-order valence-electron chi connectivity index (χ4n) is 0.314. The molecule has 3 heteroatoms. The molecule has 0 spiro atoms. The van der Waals surface area contributed by atoms with E-state index in [2.05, 4.69) is 12.6 Å². The number of hydrogen-bond acceptors (Lipinski definition) is 3. The van der Waals surface area contributed by atoms with Crippen LogP contribution in [0, 0.1) is 0 Å². The zero-order chi connectivity index (χ0) is 5.28. The molecule has 0 aliphatic carbocycles. The van der Waals surface area contributed by atoms with E-state index in [9.17, 15) is 0 Å². The van der Waals surface area contributed by atoms with Crippen molar-refractivity contribution in [3.05, 3.63) is 11.4 Å². The minimum atomic E-state index is 0.795. The highest BCUT2D eigenvalue weighted by Gasteiger charge is 1.89. The Balaban J connectivity index is 3.12. The molecule has 1 rings (SSSR count). The monoisotopic (exact) mass is 131 g/mol. The quantitative estimate of drug-likeness (QED) is 0.514. The Morgan fingerprint density at radius 3 is 2.57 bits per heavy atom. The van der Waals surface area contributed by atoms with Gasteiger partial charge in [0, 0.05) is 4.90 Å². The van der Waals surface area contributed by atoms with Crippen LogP contribution in [0.25, 0.3) is 0 Å². The van der Waals surface area contributed by atoms with Crippen LogP contribution >= 0.6 is 24.0 Å². The topological polar surface area (TPSA) is 26.0 Å². The summed E-state index contributed by atoms with van der Waals surface area (Å²) < 4.78 is 0. The summed E-state index contributed by atoms with van der Waals surface area (Å²) >= 11 is 5.54. The van der Waals surface area contributed by atoms with Crippen molar-refractivity contribution in [3.63, 3.8) is 0 Å². The van der Waals surface area contributed by atoms with E-state index in [1.807, 2.05) is 11.4 Å². The van der Waals surface area contributed by atoms with Crippen LogP contribution in [0.5, 0.6) is 0 Å². The Morgan fingerprint density at radius 2 is 2.43 bits per heavy atom. The van der Waals surface area contributed by atoms with Crippen molar-refractivity contribution in [2.45, 2.75) is 4.90 Å². The molecule has 38 valence electrons. The average molecular weight is 131 g/mol. The molecule has 0 amide bonds. The van der Waals surface area contributed by atoms with Crippen LogP contribution in [0.2, 0.25) is 0 Å². The second-order valence-electron chi connectivity index (χ2n) is 1.17. The first-order chi connectivity index (χ1) is 3.30. The van der Waals surface area contributed by atoms with Gasteiger partial charge in [-0.05, 0) is 11.4 Å². The van der Waals surface area contributed by atoms with Crippen LogP contribution in [0.1, 0.15) is 0 Å². The number of thiophene rings is 1. The maximum atomic E-state index is 5.38. The van der Waals surface area contributed by atoms with E-state index < -0.39 is 0 Å². The SMILES string of the molecule is Nc1sccc1S. The van der Waals surface area contributed by atoms with Gasteiger partial charge in [0.2, 0.25) is 0 Å². The number of thiol groups is 1. The molecule has 2 N–H and O–H groups in total. The smallest absolute Gasteiger partial charge is 0.0992 e. The molecule has 0 aliphatic rings. The third-order valence-corrected chi connectivity index (χ3v) is 1.96. The van der Waals surface area contributed by atoms with E-state index >= 15 is 0 Å². The van der Waals surface area contributed by atoms with Crippen molar-refractivity contribution in [1.82, 2.24) is 0 Å². The first-order valence-electron chi connectivity index (χ1n) is 1.82. The lowest BCUT2D eigenvalue weighted by Crippen LogP contribution is -1.76. The van der Waals surface area contributed by atoms with Crippen molar-refractivity contribution in [3.8, 4) is 0 Å². The van der Waals surface area contributed by atoms with Crippen molar-refractivity contribution >= 4 is 29.0 Å². The summed E-state index contributed by atoms with van der Waals surface area (Å²) in [4.78, 5) is 0.880. The van der Waals surface area contributed by atoms with Gasteiger partial charge in [-0.1, -0.05) is 0 Å². The third-order valence-electron chi connectivity index (χ3n) is 0.673. The summed E-state index contributed by atoms with van der Waals surface area (Å²) in [6.07, 6.45) is 0. The molecule has 7 heavy (non-hydrogen) atoms. The van der Waals surface area contributed by atoms with Crippen molar-refractivity contribution in [2.75, 3.05) is 5.73 Å². The van der Waals surface area contributed by atoms with Crippen molar-refractivity contribution < 1.29 is 0 Å². The van der Waals surface area contributed by atoms with E-state index in [0.717, 1.165) is 9.90 Å². The molecule has 0 unspecified atom stereocenters. The van der Waals surface area contributed by atoms with Gasteiger partial charge in [0.05, 0.1) is 5.00 Å². The molecular weight excluding hydrogens is 126 g/mol. The van der Waals surface area contributed by atoms with E-state index in [1.165, 1.54) is 11.3 Å². The average Bonchev–Trinajstić information content (AvgIpc) is 1.91. The lowest BCUT2D eigenvalue weighted by Gasteiger charge is -1.79. The molecule has 0 bridgehead atoms. The van der Waals surface area contributed by atoms with Gasteiger partial charge in [-0.15, -0.1) is 24.0 Å². The highest BCUT2D eigenvalue weighted by atomic mass is 32.1. The number of rotatable bonds is 0. The van der Waals surface area contributed by atoms with Crippen LogP contribution in [0.15, 0.2) is 16.3 Å². The molecule has 1 aromatic heterocycles. The molecule has 1 heterocycles. The molecule has 0 saturated heterocycles. The maximum absolute atomic E-state index is 5.38. The summed E-state index contributed by atoms with van der Waals surface area (Å²) in [5.74, 6) is 0. The number of hydrogen-bond donors (Lipinski definition) is 2. The van der Waals surface area contributed by atoms with Gasteiger partial charge in [0.15, 0.2) is 0 Å². The Morgan fingerprint density at radius 1 is 1.71 bits per heavy atom. The van der Waals surface area contributed by atoms with Gasteiger partial charge >= 0.3 is 0 Å². The molecule has 0 aliphatic heterocycles. The van der Waals surface area contributed by atoms with Crippen molar-refractivity contribution in [2.24, 2.45) is 0 Å². The Hall–Kier alpha value is -0.150. The summed E-state index contributed by atoms with van der Waals surface area (Å²) in [5, 5.41) is 2.71. The van der Waals surface area contributed by atoms with Crippen LogP contribution < -0.4 is 5.73 Å². The van der Waals surface area contributed by atoms with Crippen LogP contribution in [-0.2, 0) is 0 Å². The molecule has 1 nitrogen and oxygen atoms in total. The number of nitrogen functional groups attached to an aromatic ring is 1. The first-order valence-corrected chi connectivity index (χ1v) is 3.15. The molecular formula is C4H5NS2. The molecule has 0 atom stereocenters. The minimum Gasteiger partial charge on any atom is -0.390 e. The van der Waals surface area contributed by atoms with Gasteiger partial charge < -0.3 is 5.73 Å². The lowest BCUT2D eigenvalue weighted by molar-refractivity contribution is 1.61. The van der Waals surface area contributed by atoms with Gasteiger partial charge in [-0.25, -0.2) is 0 Å². The molecule has 0 aromatic carbocycles. The summed E-state index contributed by atoms with van der Waals surface area (Å²) in [6.45, 7) is 0. The highest BCUT2D eigenvalue weighted by Crippen LogP contribution is 2.21. The maximum Gasteiger partial charge on any atom is 0.0992 e. The van der Waals surface area contributed by atoms with Crippen molar-refractivity contribution in [1.29, 1.82) is 0 Å². The fourth-order valence-corrected chi connectivity index (χ4v) is 1.19. The summed E-state index contributed by atoms with van der Waals surface area (Å²) in [5.41, 5.74) is 5.38. The Kier molecular flexibility index (Phi) is 1.25. The second kappa shape index (κ2) is 1.76. The first kappa shape index (κ1) is 5.00. The number of nitrogens with two attached hydrogens (primary N) is 1. The van der Waals surface area contributed by atoms with Crippen LogP contribution in [0.3, 0.4) is 0 Å². The Labute approximate surface area is 51.6 Å². The zero-order valence-electron chi connectivity index (χ0n) is 3.59. The van der Waals surface area contributed by atoms with E-state index in [0.29, 0.717) is 0 Å². The van der Waals surface area contributed by atoms with Gasteiger partial charge in [-0.3, -0.25) is 0 Å². The van der Waals surface area contributed by atoms with E-state index in [4.69, 9.17) is 5.73 Å². The number of anilines is 1. The predicted molar refractivity (Wildman–Crippen MR) is 36.0 cm³/mol. The summed E-state index contributed by atoms with van der Waals surface area (Å²) in [7, 11) is 0. The van der Waals surface area contributed by atoms with Crippen LogP contribution in [0.4, 0.5) is 5.00 Å². The largest absolute Gasteiger partial charge is 0.390 e. The molecule has 0 fully saturated rings. The fraction of sp³-hybridized carbons (Fsp3) is 0. The highest BCUT2D eigenvalue weighted by molar-refractivity contribution is 7.80. The standard InChI is InChI=1S/C4H5NS2/c5-4-3(6)1-2-7-4/h1-2,6H,5H2. The lowest BCUT2D eigenvalue weighted by atomic mass is 10.6. The summed E-state index contributed by atoms with van der Waals surface area (Å²) in [6, 6.07) is 1.88. The normalized spacial score (nSPS) is 9.29. The predicted octanol–water partition coefficient (Wildman–Crippen LogP) is 1.62. The van der Waals surface area contributed by atoms with Crippen LogP contribution in [-0.4, -0.2) is 0 Å². The van der Waals surface area contributed by atoms with E-state index in [-0.39, 0.29) is 0 Å². The van der Waals surface area contributed by atoms with Gasteiger partial charge in [0.25, 0.3) is 0 Å². The second-order valence-corrected chi connectivity index (χ2v) is 2.60. The zero-order valence-corrected chi connectivity index (χ0v) is 5.30. The van der Waals surface area contributed by atoms with E-state index in [1.54, 1.807) is 0 Å².